The molecule has 1 aromatic carbocycles. The molecule has 5 aromatic rings. The van der Waals surface area contributed by atoms with E-state index >= 15 is 0 Å². The lowest BCUT2D eigenvalue weighted by atomic mass is 10.1. The Balaban J connectivity index is 1.10. The van der Waals surface area contributed by atoms with E-state index in [2.05, 4.69) is 31.1 Å². The van der Waals surface area contributed by atoms with E-state index in [9.17, 15) is 4.79 Å². The zero-order valence-corrected chi connectivity index (χ0v) is 22.5. The molecule has 0 radical (unpaired) electrons. The van der Waals surface area contributed by atoms with Gasteiger partial charge in [0.05, 0.1) is 24.2 Å². The van der Waals surface area contributed by atoms with Crippen LogP contribution in [0.2, 0.25) is 0 Å². The van der Waals surface area contributed by atoms with Crippen LogP contribution in [0.15, 0.2) is 61.1 Å². The quantitative estimate of drug-likeness (QED) is 0.296. The molecule has 2 saturated heterocycles. The van der Waals surface area contributed by atoms with Crippen LogP contribution in [0, 0.1) is 0 Å². The van der Waals surface area contributed by atoms with Gasteiger partial charge in [0.15, 0.2) is 0 Å². The molecule has 1 unspecified atom stereocenters. The molecule has 1 amide bonds. The number of carbonyl (C=O) groups is 1. The average Bonchev–Trinajstić information content (AvgIpc) is 3.69. The lowest BCUT2D eigenvalue weighted by molar-refractivity contribution is 0.0825. The van der Waals surface area contributed by atoms with Gasteiger partial charge in [0, 0.05) is 53.6 Å². The first-order valence-electron chi connectivity index (χ1n) is 13.8. The van der Waals surface area contributed by atoms with E-state index in [0.717, 1.165) is 76.3 Å². The Bertz CT molecular complexity index is 1660. The fourth-order valence-electron chi connectivity index (χ4n) is 6.19. The number of H-pyrrole nitrogens is 2. The molecule has 3 atom stereocenters. The number of aromatic nitrogens is 5. The van der Waals surface area contributed by atoms with Crippen molar-refractivity contribution in [1.82, 2.24) is 30.0 Å². The number of anilines is 1. The summed E-state index contributed by atoms with van der Waals surface area (Å²) in [5.41, 5.74) is 4.62. The number of hydrogen-bond donors (Lipinski definition) is 2. The molecule has 2 aliphatic heterocycles. The van der Waals surface area contributed by atoms with Crippen LogP contribution in [0.3, 0.4) is 0 Å². The molecule has 204 valence electrons. The first-order chi connectivity index (χ1) is 19.6. The highest BCUT2D eigenvalue weighted by Crippen LogP contribution is 2.35. The maximum Gasteiger partial charge on any atom is 0.410 e. The first-order valence-corrected chi connectivity index (χ1v) is 13.8. The van der Waals surface area contributed by atoms with Gasteiger partial charge in [-0.3, -0.25) is 10.00 Å². The summed E-state index contributed by atoms with van der Waals surface area (Å²) in [6.45, 7) is 5.82. The average molecular weight is 538 g/mol. The Morgan fingerprint density at radius 3 is 2.70 bits per heavy atom. The Kier molecular flexibility index (Phi) is 6.02. The minimum Gasteiger partial charge on any atom is -0.486 e. The predicted molar refractivity (Wildman–Crippen MR) is 152 cm³/mol. The van der Waals surface area contributed by atoms with Crippen LogP contribution in [0.5, 0.6) is 5.75 Å². The number of hydrogen-bond acceptors (Lipinski definition) is 7. The fraction of sp³-hybridized carbons (Fsp3) is 0.333. The highest BCUT2D eigenvalue weighted by molar-refractivity contribution is 5.93. The SMILES string of the molecule is CCOC(=O)N1[C@@H]2CC[C@H]1CN(c1ccc(-c3n[nH]c4ccc(OC(C)c5ccnc6[nH]ccc56)cc34)cn1)C2. The van der Waals surface area contributed by atoms with Crippen molar-refractivity contribution in [3.63, 3.8) is 0 Å². The minimum absolute atomic E-state index is 0.158. The normalized spacial score (nSPS) is 19.4. The van der Waals surface area contributed by atoms with Crippen LogP contribution >= 0.6 is 0 Å². The van der Waals surface area contributed by atoms with Crippen LogP contribution in [-0.4, -0.2) is 67.9 Å². The second-order valence-electron chi connectivity index (χ2n) is 10.5. The van der Waals surface area contributed by atoms with Gasteiger partial charge in [-0.25, -0.2) is 14.8 Å². The number of nitrogens with one attached hydrogen (secondary N) is 2. The molecule has 2 fully saturated rings. The van der Waals surface area contributed by atoms with Crippen molar-refractivity contribution in [1.29, 1.82) is 0 Å². The zero-order chi connectivity index (χ0) is 27.2. The van der Waals surface area contributed by atoms with E-state index in [1.54, 1.807) is 6.20 Å². The van der Waals surface area contributed by atoms with Crippen molar-refractivity contribution >= 4 is 33.8 Å². The van der Waals surface area contributed by atoms with Gasteiger partial charge in [-0.2, -0.15) is 5.10 Å². The minimum atomic E-state index is -0.195. The third-order valence-corrected chi connectivity index (χ3v) is 8.09. The molecule has 7 rings (SSSR count). The maximum atomic E-state index is 12.4. The number of fused-ring (bicyclic) bond motifs is 4. The molecule has 2 N–H and O–H groups in total. The lowest BCUT2D eigenvalue weighted by Gasteiger charge is -2.40. The molecule has 6 heterocycles. The van der Waals surface area contributed by atoms with Gasteiger partial charge in [-0.15, -0.1) is 0 Å². The van der Waals surface area contributed by atoms with Gasteiger partial charge in [-0.1, -0.05) is 0 Å². The molecule has 0 spiro atoms. The van der Waals surface area contributed by atoms with Crippen molar-refractivity contribution in [2.24, 2.45) is 0 Å². The number of nitrogens with zero attached hydrogens (tertiary/aromatic N) is 5. The monoisotopic (exact) mass is 537 g/mol. The van der Waals surface area contributed by atoms with Gasteiger partial charge in [-0.05, 0) is 69.2 Å². The number of benzene rings is 1. The predicted octanol–water partition coefficient (Wildman–Crippen LogP) is 5.45. The highest BCUT2D eigenvalue weighted by atomic mass is 16.6. The number of ether oxygens (including phenoxy) is 2. The van der Waals surface area contributed by atoms with E-state index in [1.165, 1.54) is 0 Å². The molecular formula is C30H31N7O3. The Morgan fingerprint density at radius 1 is 1.07 bits per heavy atom. The second-order valence-corrected chi connectivity index (χ2v) is 10.5. The second kappa shape index (κ2) is 9.86. The summed E-state index contributed by atoms with van der Waals surface area (Å²) in [5, 5.41) is 9.77. The molecule has 40 heavy (non-hydrogen) atoms. The summed E-state index contributed by atoms with van der Waals surface area (Å²) in [7, 11) is 0. The van der Waals surface area contributed by atoms with E-state index < -0.39 is 0 Å². The van der Waals surface area contributed by atoms with E-state index in [0.29, 0.717) is 6.61 Å². The van der Waals surface area contributed by atoms with Crippen molar-refractivity contribution in [2.45, 2.75) is 44.9 Å². The first kappa shape index (κ1) is 24.4. The molecule has 0 saturated carbocycles. The molecule has 2 bridgehead atoms. The zero-order valence-electron chi connectivity index (χ0n) is 22.5. The molecule has 10 nitrogen and oxygen atoms in total. The number of aromatic amines is 2. The fourth-order valence-corrected chi connectivity index (χ4v) is 6.19. The van der Waals surface area contributed by atoms with Crippen LogP contribution in [-0.2, 0) is 4.74 Å². The maximum absolute atomic E-state index is 12.4. The largest absolute Gasteiger partial charge is 0.486 e. The van der Waals surface area contributed by atoms with E-state index in [-0.39, 0.29) is 24.3 Å². The summed E-state index contributed by atoms with van der Waals surface area (Å²) in [6.07, 6.45) is 7.21. The van der Waals surface area contributed by atoms with Crippen LogP contribution in [0.25, 0.3) is 33.2 Å². The van der Waals surface area contributed by atoms with Gasteiger partial charge >= 0.3 is 6.09 Å². The topological polar surface area (TPSA) is 112 Å². The summed E-state index contributed by atoms with van der Waals surface area (Å²) < 4.78 is 11.7. The summed E-state index contributed by atoms with van der Waals surface area (Å²) in [6, 6.07) is 14.4. The summed E-state index contributed by atoms with van der Waals surface area (Å²) in [4.78, 5) is 29.0. The number of amides is 1. The standard InChI is InChI=1S/C30H31N7O3/c1-3-39-30(38)37-20-5-6-21(37)17-36(16-20)27-9-4-19(15-33-27)28-25-14-22(7-8-26(25)34-35-28)40-18(2)23-10-12-31-29-24(23)11-13-32-29/h4,7-15,18,20-21H,3,5-6,16-17H2,1-2H3,(H,31,32)(H,34,35)/t18?,20-,21+. The van der Waals surface area contributed by atoms with Crippen molar-refractivity contribution < 1.29 is 14.3 Å². The van der Waals surface area contributed by atoms with E-state index in [4.69, 9.17) is 14.5 Å². The molecule has 10 heteroatoms. The van der Waals surface area contributed by atoms with E-state index in [1.807, 2.05) is 67.5 Å². The molecule has 0 aliphatic carbocycles. The smallest absolute Gasteiger partial charge is 0.410 e. The van der Waals surface area contributed by atoms with Crippen LogP contribution in [0.4, 0.5) is 10.6 Å². The Morgan fingerprint density at radius 2 is 1.93 bits per heavy atom. The summed E-state index contributed by atoms with van der Waals surface area (Å²) in [5.74, 6) is 1.68. The highest BCUT2D eigenvalue weighted by Gasteiger charge is 2.43. The Hall–Kier alpha value is -4.60. The third kappa shape index (κ3) is 4.20. The number of rotatable bonds is 6. The number of pyridine rings is 2. The number of carbonyl (C=O) groups excluding carboxylic acids is 1. The van der Waals surface area contributed by atoms with Crippen LogP contribution < -0.4 is 9.64 Å². The van der Waals surface area contributed by atoms with Gasteiger partial charge in [0.25, 0.3) is 0 Å². The Labute approximate surface area is 231 Å². The number of piperazine rings is 1. The van der Waals surface area contributed by atoms with Crippen molar-refractivity contribution in [3.05, 3.63) is 66.6 Å². The molecule has 4 aromatic heterocycles. The van der Waals surface area contributed by atoms with Crippen LogP contribution in [0.1, 0.15) is 38.4 Å². The van der Waals surface area contributed by atoms with Crippen molar-refractivity contribution in [2.75, 3.05) is 24.6 Å². The summed E-state index contributed by atoms with van der Waals surface area (Å²) >= 11 is 0. The molecule has 2 aliphatic rings. The van der Waals surface area contributed by atoms with Gasteiger partial charge < -0.3 is 19.4 Å². The lowest BCUT2D eigenvalue weighted by Crippen LogP contribution is -2.56. The third-order valence-electron chi connectivity index (χ3n) is 8.09. The van der Waals surface area contributed by atoms with Gasteiger partial charge in [0.2, 0.25) is 0 Å². The van der Waals surface area contributed by atoms with Gasteiger partial charge in [0.1, 0.15) is 29.0 Å². The molecular weight excluding hydrogens is 506 g/mol. The van der Waals surface area contributed by atoms with Crippen molar-refractivity contribution in [3.8, 4) is 17.0 Å².